The van der Waals surface area contributed by atoms with Gasteiger partial charge in [-0.2, -0.15) is 0 Å². The van der Waals surface area contributed by atoms with Crippen molar-refractivity contribution in [2.45, 2.75) is 6.54 Å². The number of hydrogen-bond donors (Lipinski definition) is 0. The van der Waals surface area contributed by atoms with Crippen LogP contribution in [-0.4, -0.2) is 115 Å². The Labute approximate surface area is 209 Å². The SMILES string of the molecule is C#Cc1cc(CN2CCOCCOCCOCCOCCOCCOCCOCC2)cc(C#C)n1. The Hall–Kier alpha value is -2.05. The normalized spacial score (nSPS) is 20.2. The predicted molar refractivity (Wildman–Crippen MR) is 131 cm³/mol. The van der Waals surface area contributed by atoms with Gasteiger partial charge in [-0.1, -0.05) is 11.8 Å². The van der Waals surface area contributed by atoms with Crippen LogP contribution < -0.4 is 0 Å². The molecule has 9 nitrogen and oxygen atoms in total. The smallest absolute Gasteiger partial charge is 0.114 e. The number of rotatable bonds is 2. The third-order valence-electron chi connectivity index (χ3n) is 4.92. The highest BCUT2D eigenvalue weighted by molar-refractivity contribution is 5.36. The lowest BCUT2D eigenvalue weighted by molar-refractivity contribution is -0.0242. The molecule has 0 bridgehead atoms. The summed E-state index contributed by atoms with van der Waals surface area (Å²) in [6.45, 7) is 9.51. The Morgan fingerprint density at radius 1 is 0.571 bits per heavy atom. The van der Waals surface area contributed by atoms with Crippen molar-refractivity contribution < 1.29 is 33.2 Å². The molecule has 9 heteroatoms. The third kappa shape index (κ3) is 14.8. The molecule has 35 heavy (non-hydrogen) atoms. The van der Waals surface area contributed by atoms with Crippen LogP contribution in [-0.2, 0) is 39.7 Å². The number of nitrogens with zero attached hydrogens (tertiary/aromatic N) is 2. The van der Waals surface area contributed by atoms with Gasteiger partial charge in [0.15, 0.2) is 0 Å². The predicted octanol–water partition coefficient (Wildman–Crippen LogP) is 0.976. The third-order valence-corrected chi connectivity index (χ3v) is 4.92. The summed E-state index contributed by atoms with van der Waals surface area (Å²) < 4.78 is 39.0. The molecule has 0 atom stereocenters. The van der Waals surface area contributed by atoms with Crippen molar-refractivity contribution in [2.75, 3.05) is 106 Å². The van der Waals surface area contributed by atoms with Crippen LogP contribution in [0.1, 0.15) is 17.0 Å². The summed E-state index contributed by atoms with van der Waals surface area (Å²) in [5.74, 6) is 5.13. The fourth-order valence-electron chi connectivity index (χ4n) is 3.16. The molecular formula is C26H38N2O7. The Bertz CT molecular complexity index is 707. The van der Waals surface area contributed by atoms with Crippen molar-refractivity contribution >= 4 is 0 Å². The number of hydrogen-bond acceptors (Lipinski definition) is 9. The number of pyridine rings is 1. The summed E-state index contributed by atoms with van der Waals surface area (Å²) in [7, 11) is 0. The molecule has 2 heterocycles. The molecule has 0 saturated carbocycles. The maximum Gasteiger partial charge on any atom is 0.114 e. The van der Waals surface area contributed by atoms with Gasteiger partial charge in [0, 0.05) is 19.6 Å². The zero-order valence-electron chi connectivity index (χ0n) is 20.6. The zero-order chi connectivity index (χ0) is 24.8. The second-order valence-corrected chi connectivity index (χ2v) is 7.60. The number of aromatic nitrogens is 1. The topological polar surface area (TPSA) is 80.7 Å². The van der Waals surface area contributed by atoms with E-state index in [1.54, 1.807) is 0 Å². The molecule has 0 amide bonds. The molecule has 1 aliphatic heterocycles. The highest BCUT2D eigenvalue weighted by Crippen LogP contribution is 2.09. The van der Waals surface area contributed by atoms with E-state index in [4.69, 9.17) is 46.0 Å². The van der Waals surface area contributed by atoms with Crippen LogP contribution in [0.3, 0.4) is 0 Å². The Morgan fingerprint density at radius 2 is 0.886 bits per heavy atom. The fraction of sp³-hybridized carbons (Fsp3) is 0.654. The van der Waals surface area contributed by atoms with Crippen molar-refractivity contribution in [2.24, 2.45) is 0 Å². The van der Waals surface area contributed by atoms with E-state index in [2.05, 4.69) is 21.7 Å². The van der Waals surface area contributed by atoms with Gasteiger partial charge in [0.1, 0.15) is 11.4 Å². The zero-order valence-corrected chi connectivity index (χ0v) is 20.6. The van der Waals surface area contributed by atoms with Crippen LogP contribution in [0.25, 0.3) is 0 Å². The molecular weight excluding hydrogens is 452 g/mol. The van der Waals surface area contributed by atoms with E-state index in [-0.39, 0.29) is 0 Å². The van der Waals surface area contributed by atoms with Gasteiger partial charge in [-0.25, -0.2) is 4.98 Å². The average molecular weight is 491 g/mol. The van der Waals surface area contributed by atoms with E-state index >= 15 is 0 Å². The fourth-order valence-corrected chi connectivity index (χ4v) is 3.16. The molecule has 1 aliphatic rings. The average Bonchev–Trinajstić information content (AvgIpc) is 2.88. The highest BCUT2D eigenvalue weighted by atomic mass is 16.6. The quantitative estimate of drug-likeness (QED) is 0.564. The van der Waals surface area contributed by atoms with Gasteiger partial charge < -0.3 is 33.2 Å². The molecule has 194 valence electrons. The van der Waals surface area contributed by atoms with Crippen LogP contribution >= 0.6 is 0 Å². The minimum absolute atomic E-state index is 0.516. The maximum atomic E-state index is 5.75. The summed E-state index contributed by atoms with van der Waals surface area (Å²) in [6, 6.07) is 3.76. The minimum Gasteiger partial charge on any atom is -0.378 e. The number of terminal acetylenes is 2. The lowest BCUT2D eigenvalue weighted by Gasteiger charge is -2.22. The standard InChI is InChI=1S/C26H38N2O7/c1-3-25-21-24(22-26(4-2)27-25)23-28-5-7-29-9-11-31-13-15-33-17-19-35-20-18-34-16-14-32-12-10-30-8-6-28/h1-2,21-22H,5-20,23H2. The van der Waals surface area contributed by atoms with E-state index in [0.29, 0.717) is 110 Å². The summed E-state index contributed by atoms with van der Waals surface area (Å²) in [5.41, 5.74) is 2.07. The van der Waals surface area contributed by atoms with Crippen molar-refractivity contribution in [3.05, 3.63) is 29.1 Å². The van der Waals surface area contributed by atoms with Gasteiger partial charge >= 0.3 is 0 Å². The van der Waals surface area contributed by atoms with Crippen LogP contribution in [0, 0.1) is 24.7 Å². The van der Waals surface area contributed by atoms with Crippen molar-refractivity contribution in [3.8, 4) is 24.7 Å². The second kappa shape index (κ2) is 20.2. The summed E-state index contributed by atoms with van der Waals surface area (Å²) >= 11 is 0. The molecule has 0 unspecified atom stereocenters. The van der Waals surface area contributed by atoms with E-state index < -0.39 is 0 Å². The molecule has 0 N–H and O–H groups in total. The van der Waals surface area contributed by atoms with E-state index in [0.717, 1.165) is 18.7 Å². The first-order chi connectivity index (χ1) is 17.3. The molecule has 1 fully saturated rings. The van der Waals surface area contributed by atoms with Gasteiger partial charge in [0.05, 0.1) is 92.5 Å². The van der Waals surface area contributed by atoms with Crippen molar-refractivity contribution in [1.82, 2.24) is 9.88 Å². The molecule has 0 spiro atoms. The lowest BCUT2D eigenvalue weighted by Crippen LogP contribution is -2.31. The summed E-state index contributed by atoms with van der Waals surface area (Å²) in [6.07, 6.45) is 11.1. The summed E-state index contributed by atoms with van der Waals surface area (Å²) in [4.78, 5) is 6.47. The van der Waals surface area contributed by atoms with E-state index in [1.807, 2.05) is 12.1 Å². The van der Waals surface area contributed by atoms with Crippen molar-refractivity contribution in [1.29, 1.82) is 0 Å². The first-order valence-electron chi connectivity index (χ1n) is 12.0. The first kappa shape index (κ1) is 29.2. The van der Waals surface area contributed by atoms with Crippen molar-refractivity contribution in [3.63, 3.8) is 0 Å². The van der Waals surface area contributed by atoms with Crippen LogP contribution in [0.4, 0.5) is 0 Å². The second-order valence-electron chi connectivity index (χ2n) is 7.60. The highest BCUT2D eigenvalue weighted by Gasteiger charge is 2.09. The van der Waals surface area contributed by atoms with Crippen LogP contribution in [0.2, 0.25) is 0 Å². The molecule has 0 aliphatic carbocycles. The molecule has 0 aromatic carbocycles. The van der Waals surface area contributed by atoms with E-state index in [1.165, 1.54) is 0 Å². The minimum atomic E-state index is 0.516. The monoisotopic (exact) mass is 490 g/mol. The molecule has 1 aromatic heterocycles. The van der Waals surface area contributed by atoms with Gasteiger partial charge in [-0.3, -0.25) is 4.90 Å². The van der Waals surface area contributed by atoms with Crippen LogP contribution in [0.5, 0.6) is 0 Å². The maximum absolute atomic E-state index is 5.75. The van der Waals surface area contributed by atoms with Gasteiger partial charge in [-0.15, -0.1) is 12.8 Å². The molecule has 1 saturated heterocycles. The Morgan fingerprint density at radius 3 is 1.20 bits per heavy atom. The van der Waals surface area contributed by atoms with Crippen LogP contribution in [0.15, 0.2) is 12.1 Å². The number of ether oxygens (including phenoxy) is 7. The largest absolute Gasteiger partial charge is 0.378 e. The van der Waals surface area contributed by atoms with Gasteiger partial charge in [0.2, 0.25) is 0 Å². The molecule has 1 aromatic rings. The van der Waals surface area contributed by atoms with E-state index in [9.17, 15) is 0 Å². The Balaban J connectivity index is 1.81. The first-order valence-corrected chi connectivity index (χ1v) is 12.0. The molecule has 0 radical (unpaired) electrons. The summed E-state index contributed by atoms with van der Waals surface area (Å²) in [5, 5.41) is 0. The lowest BCUT2D eigenvalue weighted by atomic mass is 10.1. The van der Waals surface area contributed by atoms with Gasteiger partial charge in [0.25, 0.3) is 0 Å². The van der Waals surface area contributed by atoms with Gasteiger partial charge in [-0.05, 0) is 17.7 Å². The Kier molecular flexibility index (Phi) is 16.8. The molecule has 2 rings (SSSR count).